The quantitative estimate of drug-likeness (QED) is 0.879. The monoisotopic (exact) mass is 301 g/mol. The molecule has 0 atom stereocenters. The van der Waals surface area contributed by atoms with Crippen molar-refractivity contribution < 1.29 is 14.7 Å². The molecule has 4 nitrogen and oxygen atoms in total. The molecule has 3 rings (SSSR count). The molecular formula is C18H23NO3. The third kappa shape index (κ3) is 2.62. The van der Waals surface area contributed by atoms with Gasteiger partial charge in [-0.05, 0) is 31.2 Å². The Balaban J connectivity index is 1.64. The van der Waals surface area contributed by atoms with Crippen LogP contribution in [0.5, 0.6) is 0 Å². The van der Waals surface area contributed by atoms with Crippen molar-refractivity contribution in [3.63, 3.8) is 0 Å². The summed E-state index contributed by atoms with van der Waals surface area (Å²) in [5.41, 5.74) is 0.572. The summed E-state index contributed by atoms with van der Waals surface area (Å²) in [4.78, 5) is 25.6. The standard InChI is InChI=1S/C18H23NO3/c1-19(15(20)12-17(16(21)22)8-5-9-17)13-18(10-11-18)14-6-3-2-4-7-14/h2-4,6-7H,5,8-13H2,1H3,(H,21,22). The van der Waals surface area contributed by atoms with E-state index in [1.165, 1.54) is 5.56 Å². The molecule has 2 aliphatic carbocycles. The highest BCUT2D eigenvalue weighted by Gasteiger charge is 2.48. The van der Waals surface area contributed by atoms with E-state index in [-0.39, 0.29) is 17.7 Å². The number of nitrogens with zero attached hydrogens (tertiary/aromatic N) is 1. The highest BCUT2D eigenvalue weighted by molar-refractivity contribution is 5.85. The number of carboxylic acids is 1. The molecule has 0 heterocycles. The van der Waals surface area contributed by atoms with Gasteiger partial charge in [-0.1, -0.05) is 36.8 Å². The van der Waals surface area contributed by atoms with Crippen LogP contribution in [0.4, 0.5) is 0 Å². The molecule has 1 amide bonds. The maximum absolute atomic E-state index is 12.5. The smallest absolute Gasteiger partial charge is 0.310 e. The molecule has 0 saturated heterocycles. The second kappa shape index (κ2) is 5.41. The lowest BCUT2D eigenvalue weighted by Gasteiger charge is -2.38. The summed E-state index contributed by atoms with van der Waals surface area (Å²) in [5, 5.41) is 9.37. The first-order valence-corrected chi connectivity index (χ1v) is 8.00. The lowest BCUT2D eigenvalue weighted by Crippen LogP contribution is -2.44. The number of carbonyl (C=O) groups excluding carboxylic acids is 1. The topological polar surface area (TPSA) is 57.6 Å². The SMILES string of the molecule is CN(CC1(c2ccccc2)CC1)C(=O)CC1(C(=O)O)CCC1. The van der Waals surface area contributed by atoms with Gasteiger partial charge < -0.3 is 10.0 Å². The van der Waals surface area contributed by atoms with E-state index >= 15 is 0 Å². The van der Waals surface area contributed by atoms with Gasteiger partial charge in [0.25, 0.3) is 0 Å². The van der Waals surface area contributed by atoms with Gasteiger partial charge in [-0.3, -0.25) is 9.59 Å². The maximum Gasteiger partial charge on any atom is 0.310 e. The van der Waals surface area contributed by atoms with Crippen LogP contribution in [0.3, 0.4) is 0 Å². The second-order valence-corrected chi connectivity index (χ2v) is 7.01. The third-order valence-corrected chi connectivity index (χ3v) is 5.46. The third-order valence-electron chi connectivity index (χ3n) is 5.46. The van der Waals surface area contributed by atoms with Crippen LogP contribution in [-0.4, -0.2) is 35.5 Å². The zero-order valence-electron chi connectivity index (χ0n) is 13.0. The fourth-order valence-electron chi connectivity index (χ4n) is 3.52. The van der Waals surface area contributed by atoms with Gasteiger partial charge in [-0.25, -0.2) is 0 Å². The molecule has 1 aromatic rings. The van der Waals surface area contributed by atoms with Crippen LogP contribution in [0.15, 0.2) is 30.3 Å². The van der Waals surface area contributed by atoms with Crippen molar-refractivity contribution in [1.29, 1.82) is 0 Å². The minimum Gasteiger partial charge on any atom is -0.481 e. The van der Waals surface area contributed by atoms with E-state index in [0.717, 1.165) is 19.3 Å². The Hall–Kier alpha value is -1.84. The summed E-state index contributed by atoms with van der Waals surface area (Å²) >= 11 is 0. The first kappa shape index (κ1) is 15.1. The minimum absolute atomic E-state index is 0.0377. The summed E-state index contributed by atoms with van der Waals surface area (Å²) in [5.74, 6) is -0.853. The van der Waals surface area contributed by atoms with Crippen LogP contribution in [0.2, 0.25) is 0 Å². The minimum atomic E-state index is -0.815. The van der Waals surface area contributed by atoms with Crippen LogP contribution < -0.4 is 0 Å². The van der Waals surface area contributed by atoms with Crippen molar-refractivity contribution in [1.82, 2.24) is 4.90 Å². The van der Waals surface area contributed by atoms with Gasteiger partial charge in [0.2, 0.25) is 5.91 Å². The number of aliphatic carboxylic acids is 1. The number of hydrogen-bond acceptors (Lipinski definition) is 2. The van der Waals surface area contributed by atoms with Gasteiger partial charge in [-0.2, -0.15) is 0 Å². The highest BCUT2D eigenvalue weighted by Crippen LogP contribution is 2.49. The second-order valence-electron chi connectivity index (χ2n) is 7.01. The van der Waals surface area contributed by atoms with Crippen LogP contribution in [0.1, 0.15) is 44.1 Å². The molecule has 0 bridgehead atoms. The summed E-state index contributed by atoms with van der Waals surface area (Å²) in [7, 11) is 1.81. The molecule has 22 heavy (non-hydrogen) atoms. The molecule has 118 valence electrons. The molecule has 0 aromatic heterocycles. The number of rotatable bonds is 6. The summed E-state index contributed by atoms with van der Waals surface area (Å²) in [6.45, 7) is 0.686. The fourth-order valence-corrected chi connectivity index (χ4v) is 3.52. The van der Waals surface area contributed by atoms with Crippen molar-refractivity contribution in [2.75, 3.05) is 13.6 Å². The van der Waals surface area contributed by atoms with Crippen LogP contribution in [0, 0.1) is 5.41 Å². The number of amides is 1. The Bertz CT molecular complexity index is 573. The Morgan fingerprint density at radius 3 is 2.23 bits per heavy atom. The molecule has 0 spiro atoms. The molecule has 0 unspecified atom stereocenters. The molecular weight excluding hydrogens is 278 g/mol. The van der Waals surface area contributed by atoms with E-state index in [4.69, 9.17) is 0 Å². The van der Waals surface area contributed by atoms with E-state index in [1.54, 1.807) is 11.9 Å². The number of carboxylic acid groups (broad SMARTS) is 1. The van der Waals surface area contributed by atoms with Gasteiger partial charge in [-0.15, -0.1) is 0 Å². The first-order chi connectivity index (χ1) is 10.5. The summed E-state index contributed by atoms with van der Waals surface area (Å²) < 4.78 is 0. The number of likely N-dealkylation sites (N-methyl/N-ethyl adjacent to an activating group) is 1. The zero-order valence-corrected chi connectivity index (χ0v) is 13.0. The Labute approximate surface area is 131 Å². The van der Waals surface area contributed by atoms with E-state index in [9.17, 15) is 14.7 Å². The van der Waals surface area contributed by atoms with Crippen molar-refractivity contribution in [3.05, 3.63) is 35.9 Å². The predicted molar refractivity (Wildman–Crippen MR) is 83.5 cm³/mol. The molecule has 0 radical (unpaired) electrons. The van der Waals surface area contributed by atoms with Gasteiger partial charge in [0.15, 0.2) is 0 Å². The van der Waals surface area contributed by atoms with Gasteiger partial charge >= 0.3 is 5.97 Å². The fraction of sp³-hybridized carbons (Fsp3) is 0.556. The Kier molecular flexibility index (Phi) is 3.71. The molecule has 2 fully saturated rings. The summed E-state index contributed by atoms with van der Waals surface area (Å²) in [6, 6.07) is 10.3. The van der Waals surface area contributed by atoms with Crippen LogP contribution in [0.25, 0.3) is 0 Å². The lowest BCUT2D eigenvalue weighted by atomic mass is 9.66. The highest BCUT2D eigenvalue weighted by atomic mass is 16.4. The van der Waals surface area contributed by atoms with E-state index in [1.807, 2.05) is 18.2 Å². The molecule has 4 heteroatoms. The van der Waals surface area contributed by atoms with E-state index in [0.29, 0.717) is 19.4 Å². The average Bonchev–Trinajstić information content (AvgIpc) is 3.24. The Morgan fingerprint density at radius 2 is 1.77 bits per heavy atom. The van der Waals surface area contributed by atoms with Gasteiger partial charge in [0.1, 0.15) is 0 Å². The first-order valence-electron chi connectivity index (χ1n) is 8.00. The molecule has 2 aliphatic rings. The maximum atomic E-state index is 12.5. The molecule has 1 N–H and O–H groups in total. The Morgan fingerprint density at radius 1 is 1.14 bits per heavy atom. The molecule has 0 aliphatic heterocycles. The predicted octanol–water partition coefficient (Wildman–Crippen LogP) is 2.82. The largest absolute Gasteiger partial charge is 0.481 e. The average molecular weight is 301 g/mol. The van der Waals surface area contributed by atoms with Crippen LogP contribution >= 0.6 is 0 Å². The van der Waals surface area contributed by atoms with E-state index < -0.39 is 11.4 Å². The number of hydrogen-bond donors (Lipinski definition) is 1. The zero-order chi connectivity index (χ0) is 15.8. The van der Waals surface area contributed by atoms with Crippen molar-refractivity contribution in [3.8, 4) is 0 Å². The molecule has 2 saturated carbocycles. The normalized spacial score (nSPS) is 20.8. The van der Waals surface area contributed by atoms with Gasteiger partial charge in [0, 0.05) is 25.4 Å². The van der Waals surface area contributed by atoms with Crippen molar-refractivity contribution in [2.45, 2.75) is 43.9 Å². The van der Waals surface area contributed by atoms with Crippen molar-refractivity contribution in [2.24, 2.45) is 5.41 Å². The number of benzene rings is 1. The summed E-state index contributed by atoms with van der Waals surface area (Å²) in [6.07, 6.45) is 4.51. The number of carbonyl (C=O) groups is 2. The van der Waals surface area contributed by atoms with E-state index in [2.05, 4.69) is 12.1 Å². The van der Waals surface area contributed by atoms with Crippen LogP contribution in [-0.2, 0) is 15.0 Å². The van der Waals surface area contributed by atoms with Crippen molar-refractivity contribution >= 4 is 11.9 Å². The lowest BCUT2D eigenvalue weighted by molar-refractivity contribution is -0.159. The molecule has 1 aromatic carbocycles. The van der Waals surface area contributed by atoms with Gasteiger partial charge in [0.05, 0.1) is 5.41 Å².